The van der Waals surface area contributed by atoms with Gasteiger partial charge in [-0.2, -0.15) is 4.98 Å². The fraction of sp³-hybridized carbons (Fsp3) is 0.476. The molecule has 6 heterocycles. The number of nitrogens with zero attached hydrogens (tertiary/aromatic N) is 6. The van der Waals surface area contributed by atoms with Crippen LogP contribution >= 0.6 is 38.3 Å². The van der Waals surface area contributed by atoms with Crippen LogP contribution in [-0.4, -0.2) is 82.5 Å². The number of thiol groups is 2. The molecule has 4 aromatic rings. The van der Waals surface area contributed by atoms with E-state index in [1.807, 2.05) is 0 Å². The largest absolute Gasteiger partial charge is 0.394 e. The normalized spacial score (nSPS) is 29.4. The zero-order valence-electron chi connectivity index (χ0n) is 22.1. The van der Waals surface area contributed by atoms with Crippen molar-refractivity contribution in [1.29, 1.82) is 0 Å². The number of hydrogen-bond donors (Lipinski definition) is 6. The Hall–Kier alpha value is -2.61. The van der Waals surface area contributed by atoms with Gasteiger partial charge in [-0.3, -0.25) is 23.5 Å². The molecule has 2 fully saturated rings. The van der Waals surface area contributed by atoms with E-state index >= 15 is 4.39 Å². The highest BCUT2D eigenvalue weighted by atomic mass is 32.7. The number of halogens is 2. The maximum absolute atomic E-state index is 15.7. The SMILES string of the molecule is Nc1nc2c(ncn2[C@@H]2O[C@H](CO)[C@@H](F)[C@H]2P(=O)(S)OC[C@H]2O[C@@H](n3cc(F)c4c(N)ncnc43)C[C@@H]2O[PH](=O)S)c(=O)[nH]1. The summed E-state index contributed by atoms with van der Waals surface area (Å²) in [5.41, 5.74) is 9.05. The second kappa shape index (κ2) is 12.0. The molecule has 0 bridgehead atoms. The molecule has 238 valence electrons. The molecule has 6 N–H and O–H groups in total. The smallest absolute Gasteiger partial charge is 0.280 e. The van der Waals surface area contributed by atoms with Gasteiger partial charge in [0.1, 0.15) is 42.4 Å². The molecule has 0 amide bonds. The molecular weight excluding hydrogens is 670 g/mol. The number of imidazole rings is 1. The van der Waals surface area contributed by atoms with E-state index in [1.165, 1.54) is 4.57 Å². The van der Waals surface area contributed by atoms with Gasteiger partial charge in [0.05, 0.1) is 31.0 Å². The van der Waals surface area contributed by atoms with Crippen molar-refractivity contribution in [3.8, 4) is 0 Å². The van der Waals surface area contributed by atoms with Gasteiger partial charge in [-0.25, -0.2) is 23.7 Å². The van der Waals surface area contributed by atoms with Crippen LogP contribution in [0.15, 0.2) is 23.6 Å². The fourth-order valence-corrected chi connectivity index (χ4v) is 8.84. The van der Waals surface area contributed by atoms with Crippen LogP contribution in [0.5, 0.6) is 0 Å². The Balaban J connectivity index is 1.27. The standard InChI is InChI=1S/C21H25F2N9O8P2S2/c22-7-2-31(17-12(7)16(24)26-5-27-17)11-1-8(40-41(35)43)10(38-11)4-37-42(36,44)15-13(23)9(3-33)39-20(15)32-6-28-14-18(32)29-21(25)30-19(14)34/h2,5-6,8-11,13,15,20,33,41H,1,3-4H2,(H,35,43)(H,36,44)(H2,24,26,27)(H3,25,29,30,34)/t8-,9+,10+,11+,13+,15+,20+,42?/m0/s1. The van der Waals surface area contributed by atoms with E-state index in [9.17, 15) is 23.4 Å². The van der Waals surface area contributed by atoms with Crippen molar-refractivity contribution in [2.45, 2.75) is 49.0 Å². The summed E-state index contributed by atoms with van der Waals surface area (Å²) in [5.74, 6) is -1.05. The lowest BCUT2D eigenvalue weighted by atomic mass is 10.2. The first-order valence-electron chi connectivity index (χ1n) is 12.8. The fourth-order valence-electron chi connectivity index (χ4n) is 5.38. The molecule has 0 saturated carbocycles. The van der Waals surface area contributed by atoms with Gasteiger partial charge in [-0.15, -0.1) is 0 Å². The molecule has 4 aromatic heterocycles. The lowest BCUT2D eigenvalue weighted by Gasteiger charge is -2.27. The number of H-pyrrole nitrogens is 1. The molecular formula is C21H25F2N9O8P2S2. The second-order valence-electron chi connectivity index (χ2n) is 9.95. The first-order valence-corrected chi connectivity index (χ1v) is 18.3. The minimum atomic E-state index is -4.33. The van der Waals surface area contributed by atoms with Crippen molar-refractivity contribution in [3.05, 3.63) is 35.0 Å². The molecule has 9 atom stereocenters. The highest BCUT2D eigenvalue weighted by molar-refractivity contribution is 8.46. The van der Waals surface area contributed by atoms with Crippen LogP contribution in [0.3, 0.4) is 0 Å². The maximum atomic E-state index is 15.7. The summed E-state index contributed by atoms with van der Waals surface area (Å²) in [6.07, 6.45) is -4.47. The monoisotopic (exact) mass is 695 g/mol. The Labute approximate surface area is 256 Å². The Bertz CT molecular complexity index is 1860. The number of rotatable bonds is 9. The molecule has 17 nitrogen and oxygen atoms in total. The van der Waals surface area contributed by atoms with E-state index in [2.05, 4.69) is 49.4 Å². The summed E-state index contributed by atoms with van der Waals surface area (Å²) >= 11 is 8.05. The molecule has 0 aromatic carbocycles. The van der Waals surface area contributed by atoms with E-state index in [-0.39, 0.29) is 40.4 Å². The minimum Gasteiger partial charge on any atom is -0.394 e. The molecule has 6 rings (SSSR count). The molecule has 0 aliphatic carbocycles. The second-order valence-corrected chi connectivity index (χ2v) is 15.5. The molecule has 2 aliphatic rings. The van der Waals surface area contributed by atoms with Crippen LogP contribution < -0.4 is 17.0 Å². The van der Waals surface area contributed by atoms with Crippen LogP contribution in [-0.2, 0) is 27.7 Å². The summed E-state index contributed by atoms with van der Waals surface area (Å²) in [5, 5.41) is 9.71. The zero-order valence-corrected chi connectivity index (χ0v) is 25.8. The average Bonchev–Trinajstić information content (AvgIpc) is 3.71. The zero-order chi connectivity index (χ0) is 31.5. The third-order valence-electron chi connectivity index (χ3n) is 7.33. The summed E-state index contributed by atoms with van der Waals surface area (Å²) in [6.45, 7) is -5.62. The van der Waals surface area contributed by atoms with Gasteiger partial charge in [0.15, 0.2) is 28.9 Å². The number of aromatic amines is 1. The number of nitrogen functional groups attached to an aromatic ring is 2. The van der Waals surface area contributed by atoms with Gasteiger partial charge in [0.25, 0.3) is 12.1 Å². The Morgan fingerprint density at radius 3 is 2.73 bits per heavy atom. The number of aliphatic hydroxyl groups is 1. The molecule has 44 heavy (non-hydrogen) atoms. The minimum absolute atomic E-state index is 0.0190. The topological polar surface area (TPSA) is 238 Å². The van der Waals surface area contributed by atoms with E-state index in [1.54, 1.807) is 0 Å². The van der Waals surface area contributed by atoms with Gasteiger partial charge >= 0.3 is 0 Å². The molecule has 2 unspecified atom stereocenters. The van der Waals surface area contributed by atoms with Gasteiger partial charge in [-0.1, -0.05) is 24.5 Å². The van der Waals surface area contributed by atoms with Crippen molar-refractivity contribution >= 4 is 72.3 Å². The predicted molar refractivity (Wildman–Crippen MR) is 158 cm³/mol. The predicted octanol–water partition coefficient (Wildman–Crippen LogP) is 1.60. The molecule has 2 aliphatic heterocycles. The number of nitrogens with two attached hydrogens (primary N) is 2. The number of nitrogens with one attached hydrogen (secondary N) is 1. The number of fused-ring (bicyclic) bond motifs is 2. The number of aliphatic hydroxyl groups excluding tert-OH is 1. The Morgan fingerprint density at radius 2 is 2.00 bits per heavy atom. The first kappa shape index (κ1) is 31.4. The number of ether oxygens (including phenoxy) is 2. The summed E-state index contributed by atoms with van der Waals surface area (Å²) in [6, 6.07) is 0. The highest BCUT2D eigenvalue weighted by Gasteiger charge is 2.55. The van der Waals surface area contributed by atoms with Gasteiger partial charge in [0, 0.05) is 12.6 Å². The van der Waals surface area contributed by atoms with E-state index in [0.29, 0.717) is 0 Å². The molecule has 0 radical (unpaired) electrons. The van der Waals surface area contributed by atoms with Crippen LogP contribution in [0.25, 0.3) is 22.2 Å². The third-order valence-corrected chi connectivity index (χ3v) is 11.1. The van der Waals surface area contributed by atoms with Crippen molar-refractivity contribution in [1.82, 2.24) is 34.1 Å². The van der Waals surface area contributed by atoms with Gasteiger partial charge in [-0.05, 0) is 0 Å². The number of alkyl halides is 1. The van der Waals surface area contributed by atoms with Crippen LogP contribution in [0.1, 0.15) is 18.9 Å². The molecule has 0 spiro atoms. The Morgan fingerprint density at radius 1 is 1.23 bits per heavy atom. The van der Waals surface area contributed by atoms with Gasteiger partial charge in [0.2, 0.25) is 13.2 Å². The van der Waals surface area contributed by atoms with Crippen molar-refractivity contribution < 1.29 is 41.5 Å². The van der Waals surface area contributed by atoms with Crippen molar-refractivity contribution in [3.63, 3.8) is 0 Å². The maximum Gasteiger partial charge on any atom is 0.280 e. The highest BCUT2D eigenvalue weighted by Crippen LogP contribution is 2.64. The lowest BCUT2D eigenvalue weighted by molar-refractivity contribution is -0.0352. The van der Waals surface area contributed by atoms with Crippen molar-refractivity contribution in [2.24, 2.45) is 0 Å². The van der Waals surface area contributed by atoms with E-state index in [0.717, 1.165) is 23.4 Å². The summed E-state index contributed by atoms with van der Waals surface area (Å²) in [7, 11) is -2.82. The number of hydrogen-bond acceptors (Lipinski definition) is 14. The quantitative estimate of drug-likeness (QED) is 0.108. The van der Waals surface area contributed by atoms with Crippen LogP contribution in [0, 0.1) is 5.82 Å². The summed E-state index contributed by atoms with van der Waals surface area (Å²) < 4.78 is 81.6. The molecule has 2 saturated heterocycles. The van der Waals surface area contributed by atoms with Crippen molar-refractivity contribution in [2.75, 3.05) is 24.7 Å². The van der Waals surface area contributed by atoms with Crippen LogP contribution in [0.4, 0.5) is 20.5 Å². The van der Waals surface area contributed by atoms with E-state index < -0.39 is 81.0 Å². The Kier molecular flexibility index (Phi) is 8.53. The first-order chi connectivity index (χ1) is 20.9. The van der Waals surface area contributed by atoms with Gasteiger partial charge < -0.3 is 39.7 Å². The summed E-state index contributed by atoms with van der Waals surface area (Å²) in [4.78, 5) is 30.4. The number of anilines is 2. The average molecular weight is 696 g/mol. The third kappa shape index (κ3) is 5.54. The lowest BCUT2D eigenvalue weighted by Crippen LogP contribution is -2.32. The molecule has 23 heteroatoms. The van der Waals surface area contributed by atoms with E-state index in [4.69, 9.17) is 30.0 Å². The number of aromatic nitrogens is 7. The van der Waals surface area contributed by atoms with Crippen LogP contribution in [0.2, 0.25) is 0 Å².